The van der Waals surface area contributed by atoms with Crippen molar-refractivity contribution in [3.05, 3.63) is 124 Å². The molecule has 1 atom stereocenters. The molecular formula is C31H30FN3O2S. The Bertz CT molecular complexity index is 1360. The van der Waals surface area contributed by atoms with Crippen LogP contribution in [0.1, 0.15) is 34.0 Å². The van der Waals surface area contributed by atoms with Crippen LogP contribution in [0.2, 0.25) is 0 Å². The first-order chi connectivity index (χ1) is 18.6. The second-order valence-corrected chi connectivity index (χ2v) is 10.4. The number of anilines is 1. The van der Waals surface area contributed by atoms with Gasteiger partial charge in [0.2, 0.25) is 11.8 Å². The fourth-order valence-corrected chi connectivity index (χ4v) is 5.61. The average Bonchev–Trinajstić information content (AvgIpc) is 3.62. The summed E-state index contributed by atoms with van der Waals surface area (Å²) in [5.41, 5.74) is 4.00. The maximum absolute atomic E-state index is 13.8. The minimum absolute atomic E-state index is 0.119. The number of rotatable bonds is 10. The smallest absolute Gasteiger partial charge is 0.247 e. The zero-order valence-corrected chi connectivity index (χ0v) is 21.9. The molecule has 194 valence electrons. The molecule has 5 rings (SSSR count). The molecule has 0 aliphatic carbocycles. The molecule has 0 bridgehead atoms. The van der Waals surface area contributed by atoms with E-state index in [4.69, 9.17) is 0 Å². The highest BCUT2D eigenvalue weighted by atomic mass is 32.1. The Hall–Kier alpha value is -3.97. The Kier molecular flexibility index (Phi) is 8.14. The van der Waals surface area contributed by atoms with Crippen molar-refractivity contribution in [1.29, 1.82) is 0 Å². The molecular weight excluding hydrogens is 497 g/mol. The third kappa shape index (κ3) is 6.11. The van der Waals surface area contributed by atoms with Gasteiger partial charge in [0.05, 0.1) is 6.54 Å². The Morgan fingerprint density at radius 2 is 1.71 bits per heavy atom. The van der Waals surface area contributed by atoms with E-state index >= 15 is 0 Å². The van der Waals surface area contributed by atoms with E-state index in [1.165, 1.54) is 23.4 Å². The third-order valence-electron chi connectivity index (χ3n) is 6.86. The highest BCUT2D eigenvalue weighted by molar-refractivity contribution is 7.09. The number of nitrogens with zero attached hydrogens (tertiary/aromatic N) is 2. The lowest BCUT2D eigenvalue weighted by atomic mass is 10.0. The summed E-state index contributed by atoms with van der Waals surface area (Å²) >= 11 is 1.54. The standard InChI is InChI=1S/C31H30FN3O2S/c32-26-14-12-25(13-15-26)30(31(37)33-21-23-7-2-1-3-8-23)35(22-27-10-6-20-38-27)29(36)17-19-34-18-16-24-9-4-5-11-28(24)34/h1-15,20,30H,16-19,21-22H2,(H,33,37)/t30-/m0/s1. The van der Waals surface area contributed by atoms with Crippen LogP contribution >= 0.6 is 11.3 Å². The molecule has 1 aromatic heterocycles. The molecule has 0 fully saturated rings. The van der Waals surface area contributed by atoms with Gasteiger partial charge in [0, 0.05) is 36.6 Å². The van der Waals surface area contributed by atoms with Crippen LogP contribution in [0.4, 0.5) is 10.1 Å². The van der Waals surface area contributed by atoms with Crippen molar-refractivity contribution in [2.75, 3.05) is 18.0 Å². The van der Waals surface area contributed by atoms with Crippen LogP contribution in [-0.4, -0.2) is 29.8 Å². The number of carbonyl (C=O) groups is 2. The number of fused-ring (bicyclic) bond motifs is 1. The van der Waals surface area contributed by atoms with Crippen molar-refractivity contribution in [2.24, 2.45) is 0 Å². The number of thiophene rings is 1. The third-order valence-corrected chi connectivity index (χ3v) is 7.72. The molecule has 5 nitrogen and oxygen atoms in total. The van der Waals surface area contributed by atoms with Crippen LogP contribution in [0.15, 0.2) is 96.4 Å². The SMILES string of the molecule is O=C(NCc1ccccc1)[C@H](c1ccc(F)cc1)N(Cc1cccs1)C(=O)CCN1CCc2ccccc21. The quantitative estimate of drug-likeness (QED) is 0.287. The molecule has 1 aliphatic heterocycles. The van der Waals surface area contributed by atoms with Gasteiger partial charge >= 0.3 is 0 Å². The topological polar surface area (TPSA) is 52.7 Å². The summed E-state index contributed by atoms with van der Waals surface area (Å²) in [7, 11) is 0. The fraction of sp³-hybridized carbons (Fsp3) is 0.226. The predicted molar refractivity (Wildman–Crippen MR) is 149 cm³/mol. The Balaban J connectivity index is 1.40. The van der Waals surface area contributed by atoms with Crippen LogP contribution in [0.3, 0.4) is 0 Å². The molecule has 4 aromatic rings. The molecule has 0 spiro atoms. The van der Waals surface area contributed by atoms with E-state index in [1.54, 1.807) is 28.4 Å². The first-order valence-electron chi connectivity index (χ1n) is 12.8. The van der Waals surface area contributed by atoms with Gasteiger partial charge in [0.1, 0.15) is 11.9 Å². The van der Waals surface area contributed by atoms with Crippen molar-refractivity contribution >= 4 is 28.8 Å². The summed E-state index contributed by atoms with van der Waals surface area (Å²) in [5, 5.41) is 4.96. The molecule has 1 aliphatic rings. The van der Waals surface area contributed by atoms with Crippen molar-refractivity contribution in [2.45, 2.75) is 32.0 Å². The molecule has 2 amide bonds. The minimum atomic E-state index is -0.889. The van der Waals surface area contributed by atoms with E-state index in [0.29, 0.717) is 25.2 Å². The highest BCUT2D eigenvalue weighted by Gasteiger charge is 2.32. The lowest BCUT2D eigenvalue weighted by molar-refractivity contribution is -0.141. The Labute approximate surface area is 226 Å². The maximum atomic E-state index is 13.8. The van der Waals surface area contributed by atoms with E-state index in [2.05, 4.69) is 22.3 Å². The van der Waals surface area contributed by atoms with Crippen LogP contribution in [-0.2, 0) is 29.1 Å². The van der Waals surface area contributed by atoms with Crippen LogP contribution in [0.25, 0.3) is 0 Å². The highest BCUT2D eigenvalue weighted by Crippen LogP contribution is 2.29. The number of nitrogens with one attached hydrogen (secondary N) is 1. The van der Waals surface area contributed by atoms with Gasteiger partial charge in [-0.15, -0.1) is 11.3 Å². The summed E-state index contributed by atoms with van der Waals surface area (Å²) in [6.45, 7) is 2.08. The largest absolute Gasteiger partial charge is 0.370 e. The van der Waals surface area contributed by atoms with Crippen LogP contribution in [0, 0.1) is 5.82 Å². The van der Waals surface area contributed by atoms with Crippen LogP contribution in [0.5, 0.6) is 0 Å². The van der Waals surface area contributed by atoms with Gasteiger partial charge in [0.25, 0.3) is 0 Å². The molecule has 1 N–H and O–H groups in total. The minimum Gasteiger partial charge on any atom is -0.370 e. The van der Waals surface area contributed by atoms with E-state index in [1.807, 2.05) is 60.0 Å². The lowest BCUT2D eigenvalue weighted by Crippen LogP contribution is -2.44. The summed E-state index contributed by atoms with van der Waals surface area (Å²) in [6, 6.07) is 26.8. The lowest BCUT2D eigenvalue weighted by Gasteiger charge is -2.32. The van der Waals surface area contributed by atoms with E-state index < -0.39 is 6.04 Å². The molecule has 7 heteroatoms. The molecule has 3 aromatic carbocycles. The molecule has 0 saturated carbocycles. The normalized spacial score (nSPS) is 13.1. The van der Waals surface area contributed by atoms with Gasteiger partial charge in [-0.2, -0.15) is 0 Å². The van der Waals surface area contributed by atoms with Gasteiger partial charge in [0.15, 0.2) is 0 Å². The van der Waals surface area contributed by atoms with E-state index in [9.17, 15) is 14.0 Å². The molecule has 0 unspecified atom stereocenters. The number of hydrogen-bond acceptors (Lipinski definition) is 4. The molecule has 0 saturated heterocycles. The zero-order chi connectivity index (χ0) is 26.3. The summed E-state index contributed by atoms with van der Waals surface area (Å²) < 4.78 is 13.8. The van der Waals surface area contributed by atoms with E-state index in [-0.39, 0.29) is 24.1 Å². The summed E-state index contributed by atoms with van der Waals surface area (Å²) in [4.78, 5) is 32.4. The van der Waals surface area contributed by atoms with E-state index in [0.717, 1.165) is 23.4 Å². The Morgan fingerprint density at radius 1 is 0.947 bits per heavy atom. The van der Waals surface area contributed by atoms with Crippen molar-refractivity contribution < 1.29 is 14.0 Å². The number of carbonyl (C=O) groups excluding carboxylic acids is 2. The maximum Gasteiger partial charge on any atom is 0.247 e. The van der Waals surface area contributed by atoms with Gasteiger partial charge in [-0.1, -0.05) is 66.7 Å². The number of benzene rings is 3. The second kappa shape index (κ2) is 12.0. The summed E-state index contributed by atoms with van der Waals surface area (Å²) in [6.07, 6.45) is 1.23. The van der Waals surface area contributed by atoms with Crippen molar-refractivity contribution in [1.82, 2.24) is 10.2 Å². The van der Waals surface area contributed by atoms with Gasteiger partial charge in [-0.25, -0.2) is 4.39 Å². The van der Waals surface area contributed by atoms with Gasteiger partial charge in [-0.3, -0.25) is 9.59 Å². The second-order valence-electron chi connectivity index (χ2n) is 9.37. The average molecular weight is 528 g/mol. The molecule has 2 heterocycles. The molecule has 0 radical (unpaired) electrons. The first kappa shape index (κ1) is 25.7. The van der Waals surface area contributed by atoms with Gasteiger partial charge in [-0.05, 0) is 52.8 Å². The monoisotopic (exact) mass is 527 g/mol. The van der Waals surface area contributed by atoms with Crippen molar-refractivity contribution in [3.8, 4) is 0 Å². The number of halogens is 1. The first-order valence-corrected chi connectivity index (χ1v) is 13.7. The Morgan fingerprint density at radius 3 is 2.47 bits per heavy atom. The zero-order valence-electron chi connectivity index (χ0n) is 21.1. The fourth-order valence-electron chi connectivity index (χ4n) is 4.91. The molecule has 38 heavy (non-hydrogen) atoms. The van der Waals surface area contributed by atoms with Crippen molar-refractivity contribution in [3.63, 3.8) is 0 Å². The summed E-state index contributed by atoms with van der Waals surface area (Å²) in [5.74, 6) is -0.801. The van der Waals surface area contributed by atoms with Gasteiger partial charge < -0.3 is 15.1 Å². The number of para-hydroxylation sites is 1. The predicted octanol–water partition coefficient (Wildman–Crippen LogP) is 5.73. The number of amides is 2. The number of hydrogen-bond donors (Lipinski definition) is 1. The van der Waals surface area contributed by atoms with Crippen LogP contribution < -0.4 is 10.2 Å².